The number of rotatable bonds is 3. The highest BCUT2D eigenvalue weighted by molar-refractivity contribution is 7.99. The van der Waals surface area contributed by atoms with Crippen LogP contribution in [0.15, 0.2) is 0 Å². The van der Waals surface area contributed by atoms with E-state index in [0.29, 0.717) is 0 Å². The van der Waals surface area contributed by atoms with Gasteiger partial charge in [-0.05, 0) is 48.5 Å². The third kappa shape index (κ3) is 3.07. The van der Waals surface area contributed by atoms with E-state index in [2.05, 4.69) is 35.8 Å². The van der Waals surface area contributed by atoms with Crippen molar-refractivity contribution in [2.45, 2.75) is 25.8 Å². The summed E-state index contributed by atoms with van der Waals surface area (Å²) < 4.78 is 0. The maximum Gasteiger partial charge on any atom is 0.0191 e. The maximum atomic E-state index is 3.77. The number of hydrogen-bond donors (Lipinski definition) is 1. The van der Waals surface area contributed by atoms with Crippen molar-refractivity contribution in [1.82, 2.24) is 5.32 Å². The van der Waals surface area contributed by atoms with Crippen molar-refractivity contribution in [3.8, 4) is 0 Å². The van der Waals surface area contributed by atoms with Gasteiger partial charge in [0.2, 0.25) is 0 Å². The molecule has 0 aromatic rings. The molecule has 2 saturated heterocycles. The Kier molecular flexibility index (Phi) is 4.51. The van der Waals surface area contributed by atoms with Crippen molar-refractivity contribution in [2.24, 2.45) is 11.8 Å². The molecule has 0 amide bonds. The molecule has 1 N–H and O–H groups in total. The molecule has 2 rings (SSSR count). The van der Waals surface area contributed by atoms with Crippen LogP contribution >= 0.6 is 23.5 Å². The number of thioether (sulfide) groups is 2. The first-order valence-electron chi connectivity index (χ1n) is 5.75. The zero-order chi connectivity index (χ0) is 9.80. The fourth-order valence-electron chi connectivity index (χ4n) is 2.19. The molecule has 0 spiro atoms. The minimum absolute atomic E-state index is 0.801. The molecule has 2 heterocycles. The van der Waals surface area contributed by atoms with Crippen LogP contribution < -0.4 is 5.32 Å². The summed E-state index contributed by atoms with van der Waals surface area (Å²) in [7, 11) is 0. The molecule has 1 nitrogen and oxygen atoms in total. The highest BCUT2D eigenvalue weighted by Crippen LogP contribution is 2.25. The van der Waals surface area contributed by atoms with Gasteiger partial charge in [0, 0.05) is 11.8 Å². The predicted octanol–water partition coefficient (Wildman–Crippen LogP) is 2.47. The molecule has 2 aliphatic rings. The van der Waals surface area contributed by atoms with E-state index in [1.807, 2.05) is 0 Å². The third-order valence-electron chi connectivity index (χ3n) is 3.37. The molecule has 0 aromatic heterocycles. The molecule has 2 unspecified atom stereocenters. The lowest BCUT2D eigenvalue weighted by molar-refractivity contribution is 0.383. The van der Waals surface area contributed by atoms with E-state index >= 15 is 0 Å². The summed E-state index contributed by atoms with van der Waals surface area (Å²) in [5.74, 6) is 7.33. The van der Waals surface area contributed by atoms with Gasteiger partial charge in [0.05, 0.1) is 0 Å². The van der Waals surface area contributed by atoms with E-state index in [1.54, 1.807) is 0 Å². The van der Waals surface area contributed by atoms with E-state index in [9.17, 15) is 0 Å². The van der Waals surface area contributed by atoms with Gasteiger partial charge in [0.15, 0.2) is 0 Å². The Bertz CT molecular complexity index is 169. The Morgan fingerprint density at radius 1 is 1.14 bits per heavy atom. The second-order valence-electron chi connectivity index (χ2n) is 4.59. The van der Waals surface area contributed by atoms with E-state index in [-0.39, 0.29) is 0 Å². The zero-order valence-corrected chi connectivity index (χ0v) is 10.6. The van der Waals surface area contributed by atoms with Crippen molar-refractivity contribution >= 4 is 23.5 Å². The summed E-state index contributed by atoms with van der Waals surface area (Å²) in [6, 6.07) is 0.801. The second kappa shape index (κ2) is 5.66. The molecule has 3 heteroatoms. The van der Waals surface area contributed by atoms with Crippen LogP contribution in [0.3, 0.4) is 0 Å². The summed E-state index contributed by atoms with van der Waals surface area (Å²) in [4.78, 5) is 0. The molecular formula is C11H21NS2. The number of nitrogens with one attached hydrogen (secondary N) is 1. The molecule has 0 radical (unpaired) electrons. The Morgan fingerprint density at radius 2 is 1.93 bits per heavy atom. The highest BCUT2D eigenvalue weighted by atomic mass is 32.2. The van der Waals surface area contributed by atoms with Crippen molar-refractivity contribution in [3.05, 3.63) is 0 Å². The van der Waals surface area contributed by atoms with Crippen LogP contribution in [0.1, 0.15) is 19.8 Å². The average molecular weight is 231 g/mol. The van der Waals surface area contributed by atoms with E-state index in [4.69, 9.17) is 0 Å². The molecule has 0 bridgehead atoms. The van der Waals surface area contributed by atoms with Gasteiger partial charge in [-0.3, -0.25) is 0 Å². The molecule has 0 saturated carbocycles. The van der Waals surface area contributed by atoms with Crippen LogP contribution in [-0.2, 0) is 0 Å². The molecule has 14 heavy (non-hydrogen) atoms. The third-order valence-corrected chi connectivity index (χ3v) is 5.78. The summed E-state index contributed by atoms with van der Waals surface area (Å²) in [6.07, 6.45) is 2.87. The standard InChI is InChI=1S/C11H21NS2/c1-9-7-14-8-11(9)12-6-10-2-4-13-5-3-10/h9-12H,2-8H2,1H3. The average Bonchev–Trinajstić information content (AvgIpc) is 2.63. The van der Waals surface area contributed by atoms with Crippen LogP contribution in [0.25, 0.3) is 0 Å². The largest absolute Gasteiger partial charge is 0.313 e. The predicted molar refractivity (Wildman–Crippen MR) is 68.3 cm³/mol. The summed E-state index contributed by atoms with van der Waals surface area (Å²) in [5, 5.41) is 3.77. The molecule has 2 fully saturated rings. The first-order valence-corrected chi connectivity index (χ1v) is 8.06. The molecule has 0 aromatic carbocycles. The van der Waals surface area contributed by atoms with E-state index in [0.717, 1.165) is 17.9 Å². The minimum Gasteiger partial charge on any atom is -0.313 e. The zero-order valence-electron chi connectivity index (χ0n) is 9.00. The first-order chi connectivity index (χ1) is 6.86. The maximum absolute atomic E-state index is 3.77. The lowest BCUT2D eigenvalue weighted by Gasteiger charge is -2.24. The van der Waals surface area contributed by atoms with Crippen molar-refractivity contribution in [1.29, 1.82) is 0 Å². The monoisotopic (exact) mass is 231 g/mol. The SMILES string of the molecule is CC1CSCC1NCC1CCSCC1. The fourth-order valence-corrected chi connectivity index (χ4v) is 4.83. The Balaban J connectivity index is 1.65. The van der Waals surface area contributed by atoms with E-state index < -0.39 is 0 Å². The Hall–Kier alpha value is 0.660. The fraction of sp³-hybridized carbons (Fsp3) is 1.00. The highest BCUT2D eigenvalue weighted by Gasteiger charge is 2.24. The molecule has 2 atom stereocenters. The van der Waals surface area contributed by atoms with Crippen molar-refractivity contribution in [2.75, 3.05) is 29.6 Å². The summed E-state index contributed by atoms with van der Waals surface area (Å²) in [6.45, 7) is 3.66. The van der Waals surface area contributed by atoms with Gasteiger partial charge < -0.3 is 5.32 Å². The van der Waals surface area contributed by atoms with Crippen molar-refractivity contribution < 1.29 is 0 Å². The van der Waals surface area contributed by atoms with Gasteiger partial charge in [0.25, 0.3) is 0 Å². The molecule has 0 aliphatic carbocycles. The first kappa shape index (κ1) is 11.2. The molecule has 2 aliphatic heterocycles. The van der Waals surface area contributed by atoms with Crippen LogP contribution in [0.4, 0.5) is 0 Å². The quantitative estimate of drug-likeness (QED) is 0.801. The van der Waals surface area contributed by atoms with Gasteiger partial charge in [-0.25, -0.2) is 0 Å². The van der Waals surface area contributed by atoms with Crippen LogP contribution in [0.2, 0.25) is 0 Å². The van der Waals surface area contributed by atoms with Crippen LogP contribution in [0.5, 0.6) is 0 Å². The van der Waals surface area contributed by atoms with Crippen LogP contribution in [-0.4, -0.2) is 35.6 Å². The number of hydrogen-bond acceptors (Lipinski definition) is 3. The van der Waals surface area contributed by atoms with Gasteiger partial charge in [-0.15, -0.1) is 0 Å². The van der Waals surface area contributed by atoms with Gasteiger partial charge >= 0.3 is 0 Å². The molecule has 82 valence electrons. The Labute approximate surface area is 96.2 Å². The van der Waals surface area contributed by atoms with Gasteiger partial charge in [-0.1, -0.05) is 6.92 Å². The topological polar surface area (TPSA) is 12.0 Å². The summed E-state index contributed by atoms with van der Waals surface area (Å²) in [5.41, 5.74) is 0. The Morgan fingerprint density at radius 3 is 2.57 bits per heavy atom. The minimum atomic E-state index is 0.801. The van der Waals surface area contributed by atoms with E-state index in [1.165, 1.54) is 42.4 Å². The van der Waals surface area contributed by atoms with Gasteiger partial charge in [-0.2, -0.15) is 23.5 Å². The molecular weight excluding hydrogens is 210 g/mol. The lowest BCUT2D eigenvalue weighted by atomic mass is 10.0. The van der Waals surface area contributed by atoms with Crippen molar-refractivity contribution in [3.63, 3.8) is 0 Å². The van der Waals surface area contributed by atoms with Crippen LogP contribution in [0, 0.1) is 11.8 Å². The lowest BCUT2D eigenvalue weighted by Crippen LogP contribution is -2.38. The van der Waals surface area contributed by atoms with Gasteiger partial charge in [0.1, 0.15) is 0 Å². The normalized spacial score (nSPS) is 34.9. The second-order valence-corrected chi connectivity index (χ2v) is 6.88. The summed E-state index contributed by atoms with van der Waals surface area (Å²) >= 11 is 4.24. The smallest absolute Gasteiger partial charge is 0.0191 e.